The van der Waals surface area contributed by atoms with Crippen molar-refractivity contribution in [3.8, 4) is 0 Å². The number of amides is 1. The summed E-state index contributed by atoms with van der Waals surface area (Å²) < 4.78 is 0. The Balaban J connectivity index is 2.24. The second kappa shape index (κ2) is 4.97. The van der Waals surface area contributed by atoms with Gasteiger partial charge in [-0.25, -0.2) is 0 Å². The number of hydrogen-bond acceptors (Lipinski definition) is 2. The molecule has 0 spiro atoms. The molecule has 88 valence electrons. The topological polar surface area (TPSA) is 41.1 Å². The van der Waals surface area contributed by atoms with Crippen LogP contribution in [-0.4, -0.2) is 25.5 Å². The maximum atomic E-state index is 11.5. The van der Waals surface area contributed by atoms with Crippen LogP contribution in [0.5, 0.6) is 0 Å². The molecular formula is C12H24N2O. The Labute approximate surface area is 93.0 Å². The van der Waals surface area contributed by atoms with Gasteiger partial charge in [0.2, 0.25) is 5.91 Å². The number of hydrogen-bond donors (Lipinski definition) is 2. The minimum atomic E-state index is -0.313. The van der Waals surface area contributed by atoms with Gasteiger partial charge in [0.1, 0.15) is 0 Å². The van der Waals surface area contributed by atoms with Crippen LogP contribution in [0.1, 0.15) is 40.0 Å². The summed E-state index contributed by atoms with van der Waals surface area (Å²) in [7, 11) is 1.69. The highest BCUT2D eigenvalue weighted by atomic mass is 16.2. The molecule has 1 aliphatic rings. The van der Waals surface area contributed by atoms with Crippen molar-refractivity contribution in [3.05, 3.63) is 0 Å². The molecule has 15 heavy (non-hydrogen) atoms. The average molecular weight is 212 g/mol. The van der Waals surface area contributed by atoms with Gasteiger partial charge in [0.15, 0.2) is 0 Å². The zero-order chi connectivity index (χ0) is 11.5. The van der Waals surface area contributed by atoms with Crippen LogP contribution in [0.15, 0.2) is 0 Å². The van der Waals surface area contributed by atoms with E-state index in [0.29, 0.717) is 6.04 Å². The van der Waals surface area contributed by atoms with Gasteiger partial charge in [-0.2, -0.15) is 0 Å². The van der Waals surface area contributed by atoms with Crippen molar-refractivity contribution >= 4 is 5.91 Å². The Morgan fingerprint density at radius 3 is 2.53 bits per heavy atom. The van der Waals surface area contributed by atoms with E-state index in [9.17, 15) is 4.79 Å². The van der Waals surface area contributed by atoms with Gasteiger partial charge in [0.25, 0.3) is 0 Å². The van der Waals surface area contributed by atoms with Crippen molar-refractivity contribution in [2.45, 2.75) is 46.1 Å². The highest BCUT2D eigenvalue weighted by molar-refractivity contribution is 5.81. The van der Waals surface area contributed by atoms with Gasteiger partial charge < -0.3 is 10.6 Å². The van der Waals surface area contributed by atoms with Crippen LogP contribution < -0.4 is 10.6 Å². The maximum Gasteiger partial charge on any atom is 0.226 e. The standard InChI is InChI=1S/C12H24N2O/c1-9(7-10-5-6-10)14-8-12(2,3)11(15)13-4/h9-10,14H,5-8H2,1-4H3,(H,13,15)/t9-/m1/s1. The summed E-state index contributed by atoms with van der Waals surface area (Å²) in [5, 5.41) is 6.15. The van der Waals surface area contributed by atoms with Crippen molar-refractivity contribution in [1.29, 1.82) is 0 Å². The molecule has 0 aliphatic heterocycles. The molecule has 1 amide bonds. The molecule has 0 aromatic rings. The van der Waals surface area contributed by atoms with Gasteiger partial charge in [-0.1, -0.05) is 12.8 Å². The quantitative estimate of drug-likeness (QED) is 0.701. The fourth-order valence-electron chi connectivity index (χ4n) is 1.78. The number of carbonyl (C=O) groups is 1. The molecule has 1 saturated carbocycles. The fourth-order valence-corrected chi connectivity index (χ4v) is 1.78. The van der Waals surface area contributed by atoms with E-state index in [1.807, 2.05) is 13.8 Å². The molecule has 3 nitrogen and oxygen atoms in total. The lowest BCUT2D eigenvalue weighted by Crippen LogP contribution is -2.44. The van der Waals surface area contributed by atoms with E-state index in [1.165, 1.54) is 19.3 Å². The largest absolute Gasteiger partial charge is 0.359 e. The molecule has 0 bridgehead atoms. The molecule has 0 aromatic carbocycles. The molecular weight excluding hydrogens is 188 g/mol. The monoisotopic (exact) mass is 212 g/mol. The first kappa shape index (κ1) is 12.5. The van der Waals surface area contributed by atoms with Crippen molar-refractivity contribution < 1.29 is 4.79 Å². The third kappa shape index (κ3) is 4.20. The van der Waals surface area contributed by atoms with Crippen LogP contribution in [0.3, 0.4) is 0 Å². The van der Waals surface area contributed by atoms with E-state index in [-0.39, 0.29) is 11.3 Å². The molecule has 0 aromatic heterocycles. The van der Waals surface area contributed by atoms with Gasteiger partial charge in [0, 0.05) is 19.6 Å². The van der Waals surface area contributed by atoms with E-state index in [0.717, 1.165) is 12.5 Å². The lowest BCUT2D eigenvalue weighted by molar-refractivity contribution is -0.128. The predicted molar refractivity (Wildman–Crippen MR) is 62.7 cm³/mol. The Morgan fingerprint density at radius 1 is 1.47 bits per heavy atom. The Hall–Kier alpha value is -0.570. The summed E-state index contributed by atoms with van der Waals surface area (Å²) >= 11 is 0. The predicted octanol–water partition coefficient (Wildman–Crippen LogP) is 1.54. The normalized spacial score (nSPS) is 18.7. The molecule has 1 rings (SSSR count). The summed E-state index contributed by atoms with van der Waals surface area (Å²) in [6.45, 7) is 6.91. The molecule has 1 fully saturated rings. The van der Waals surface area contributed by atoms with Gasteiger partial charge in [0.05, 0.1) is 5.41 Å². The molecule has 0 radical (unpaired) electrons. The smallest absolute Gasteiger partial charge is 0.226 e. The van der Waals surface area contributed by atoms with E-state index >= 15 is 0 Å². The Bertz CT molecular complexity index is 222. The molecule has 1 atom stereocenters. The fraction of sp³-hybridized carbons (Fsp3) is 0.917. The summed E-state index contributed by atoms with van der Waals surface area (Å²) in [6, 6.07) is 0.529. The van der Waals surface area contributed by atoms with Crippen molar-refractivity contribution in [3.63, 3.8) is 0 Å². The lowest BCUT2D eigenvalue weighted by Gasteiger charge is -2.25. The van der Waals surface area contributed by atoms with Crippen LogP contribution >= 0.6 is 0 Å². The zero-order valence-corrected chi connectivity index (χ0v) is 10.4. The van der Waals surface area contributed by atoms with E-state index in [2.05, 4.69) is 17.6 Å². The Morgan fingerprint density at radius 2 is 2.07 bits per heavy atom. The average Bonchev–Trinajstić information content (AvgIpc) is 2.97. The highest BCUT2D eigenvalue weighted by Gasteiger charge is 2.28. The summed E-state index contributed by atoms with van der Waals surface area (Å²) in [5.74, 6) is 1.05. The third-order valence-corrected chi connectivity index (χ3v) is 3.12. The Kier molecular flexibility index (Phi) is 4.14. The zero-order valence-electron chi connectivity index (χ0n) is 10.4. The van der Waals surface area contributed by atoms with Crippen LogP contribution in [0.2, 0.25) is 0 Å². The molecule has 0 heterocycles. The second-order valence-corrected chi connectivity index (χ2v) is 5.42. The molecule has 0 saturated heterocycles. The van der Waals surface area contributed by atoms with Crippen LogP contribution in [-0.2, 0) is 4.79 Å². The summed E-state index contributed by atoms with van der Waals surface area (Å²) in [6.07, 6.45) is 4.04. The summed E-state index contributed by atoms with van der Waals surface area (Å²) in [4.78, 5) is 11.5. The van der Waals surface area contributed by atoms with E-state index in [4.69, 9.17) is 0 Å². The van der Waals surface area contributed by atoms with E-state index < -0.39 is 0 Å². The molecule has 0 unspecified atom stereocenters. The number of carbonyl (C=O) groups excluding carboxylic acids is 1. The molecule has 1 aliphatic carbocycles. The lowest BCUT2D eigenvalue weighted by atomic mass is 9.92. The van der Waals surface area contributed by atoms with Gasteiger partial charge in [-0.05, 0) is 33.1 Å². The van der Waals surface area contributed by atoms with Gasteiger partial charge >= 0.3 is 0 Å². The first-order chi connectivity index (χ1) is 6.95. The van der Waals surface area contributed by atoms with Gasteiger partial charge in [-0.15, -0.1) is 0 Å². The minimum Gasteiger partial charge on any atom is -0.359 e. The summed E-state index contributed by atoms with van der Waals surface area (Å²) in [5.41, 5.74) is -0.313. The van der Waals surface area contributed by atoms with Crippen molar-refractivity contribution in [1.82, 2.24) is 10.6 Å². The number of rotatable bonds is 6. The first-order valence-corrected chi connectivity index (χ1v) is 5.91. The van der Waals surface area contributed by atoms with Crippen LogP contribution in [0, 0.1) is 11.3 Å². The molecule has 3 heteroatoms. The maximum absolute atomic E-state index is 11.5. The molecule has 2 N–H and O–H groups in total. The second-order valence-electron chi connectivity index (χ2n) is 5.42. The SMILES string of the molecule is CNC(=O)C(C)(C)CN[C@H](C)CC1CC1. The first-order valence-electron chi connectivity index (χ1n) is 5.91. The van der Waals surface area contributed by atoms with Crippen LogP contribution in [0.4, 0.5) is 0 Å². The third-order valence-electron chi connectivity index (χ3n) is 3.12. The van der Waals surface area contributed by atoms with Crippen LogP contribution in [0.25, 0.3) is 0 Å². The number of nitrogens with one attached hydrogen (secondary N) is 2. The van der Waals surface area contributed by atoms with Crippen molar-refractivity contribution in [2.75, 3.05) is 13.6 Å². The highest BCUT2D eigenvalue weighted by Crippen LogP contribution is 2.33. The van der Waals surface area contributed by atoms with Gasteiger partial charge in [-0.3, -0.25) is 4.79 Å². The minimum absolute atomic E-state index is 0.105. The van der Waals surface area contributed by atoms with Crippen molar-refractivity contribution in [2.24, 2.45) is 11.3 Å². The van der Waals surface area contributed by atoms with E-state index in [1.54, 1.807) is 7.05 Å².